The number of aliphatic hydroxyl groups excluding tert-OH is 1. The molecule has 0 saturated carbocycles. The summed E-state index contributed by atoms with van der Waals surface area (Å²) in [6.45, 7) is 15.6. The van der Waals surface area contributed by atoms with E-state index in [2.05, 4.69) is 46.4 Å². The number of aliphatic hydroxyl groups is 2. The van der Waals surface area contributed by atoms with E-state index >= 15 is 0 Å². The highest BCUT2D eigenvalue weighted by molar-refractivity contribution is 6.78. The summed E-state index contributed by atoms with van der Waals surface area (Å²) in [4.78, 5) is 2.27. The second-order valence-corrected chi connectivity index (χ2v) is 16.8. The third-order valence-corrected chi connectivity index (χ3v) is 14.5. The molecule has 35 heavy (non-hydrogen) atoms. The van der Waals surface area contributed by atoms with Crippen molar-refractivity contribution in [2.75, 3.05) is 19.7 Å². The number of fused-ring (bicyclic) bond motifs is 1. The Morgan fingerprint density at radius 2 is 1.54 bits per heavy atom. The van der Waals surface area contributed by atoms with Gasteiger partial charge in [-0.2, -0.15) is 0 Å². The summed E-state index contributed by atoms with van der Waals surface area (Å²) in [6.07, 6.45) is 0.663. The maximum atomic E-state index is 11.3. The zero-order chi connectivity index (χ0) is 25.4. The lowest BCUT2D eigenvalue weighted by Crippen LogP contribution is -2.52. The molecule has 192 valence electrons. The van der Waals surface area contributed by atoms with Crippen molar-refractivity contribution in [3.8, 4) is 11.5 Å². The second kappa shape index (κ2) is 10.2. The Balaban J connectivity index is 1.47. The van der Waals surface area contributed by atoms with Crippen molar-refractivity contribution in [1.29, 1.82) is 0 Å². The molecule has 2 aliphatic heterocycles. The molecule has 2 atom stereocenters. The molecule has 0 radical (unpaired) electrons. The molecule has 2 heterocycles. The van der Waals surface area contributed by atoms with Crippen LogP contribution in [-0.2, 0) is 5.60 Å². The molecule has 0 unspecified atom stereocenters. The number of hydrogen-bond acceptors (Lipinski definition) is 5. The Labute approximate surface area is 212 Å². The summed E-state index contributed by atoms with van der Waals surface area (Å²) in [7, 11) is -2.06. The van der Waals surface area contributed by atoms with Crippen LogP contribution in [0.4, 0.5) is 0 Å². The van der Waals surface area contributed by atoms with Gasteiger partial charge in [-0.05, 0) is 47.2 Å². The number of rotatable bonds is 7. The van der Waals surface area contributed by atoms with E-state index in [-0.39, 0.29) is 6.04 Å². The zero-order valence-electron chi connectivity index (χ0n) is 22.2. The van der Waals surface area contributed by atoms with Crippen LogP contribution in [0.25, 0.3) is 0 Å². The molecule has 0 aromatic heterocycles. The van der Waals surface area contributed by atoms with Gasteiger partial charge < -0.3 is 19.4 Å². The molecule has 2 aromatic rings. The van der Waals surface area contributed by atoms with Gasteiger partial charge in [-0.1, -0.05) is 71.9 Å². The summed E-state index contributed by atoms with van der Waals surface area (Å²) < 4.78 is 13.0. The van der Waals surface area contributed by atoms with Gasteiger partial charge in [0.25, 0.3) is 8.32 Å². The monoisotopic (exact) mass is 497 g/mol. The molecule has 5 nitrogen and oxygen atoms in total. The van der Waals surface area contributed by atoms with Crippen molar-refractivity contribution < 1.29 is 19.4 Å². The fraction of sp³-hybridized carbons (Fsp3) is 0.586. The normalized spacial score (nSPS) is 22.8. The third-order valence-electron chi connectivity index (χ3n) is 8.48. The first-order valence-corrected chi connectivity index (χ1v) is 15.4. The maximum absolute atomic E-state index is 11.3. The molecule has 0 amide bonds. The first kappa shape index (κ1) is 26.2. The van der Waals surface area contributed by atoms with Crippen molar-refractivity contribution >= 4 is 8.32 Å². The Morgan fingerprint density at radius 1 is 0.943 bits per heavy atom. The van der Waals surface area contributed by atoms with E-state index in [0.29, 0.717) is 36.1 Å². The minimum atomic E-state index is -2.06. The van der Waals surface area contributed by atoms with Gasteiger partial charge in [0.1, 0.15) is 24.2 Å². The SMILES string of the molecule is CC(C)[Si](Oc1ccc2c(c1)OC[C@@H](N1CCC(O)(c3ccccc3)CC1)[C@H]2O)(C(C)C)C(C)C. The molecule has 4 rings (SSSR count). The molecule has 6 heteroatoms. The van der Waals surface area contributed by atoms with Crippen LogP contribution in [0.2, 0.25) is 16.6 Å². The standard InChI is InChI=1S/C29H43NO4Si/c1-20(2)35(21(3)4,22(5)6)34-24-12-13-25-27(18-24)33-19-26(28(25)31)30-16-14-29(32,15-17-30)23-10-8-7-9-11-23/h7-13,18,20-22,26,28,31-32H,14-17,19H2,1-6H3/t26-,28+/m1/s1. The van der Waals surface area contributed by atoms with E-state index in [0.717, 1.165) is 35.7 Å². The van der Waals surface area contributed by atoms with Crippen LogP contribution < -0.4 is 9.16 Å². The van der Waals surface area contributed by atoms with Crippen molar-refractivity contribution in [3.05, 3.63) is 59.7 Å². The number of piperidine rings is 1. The second-order valence-electron chi connectivity index (χ2n) is 11.4. The predicted molar refractivity (Wildman–Crippen MR) is 144 cm³/mol. The average Bonchev–Trinajstić information content (AvgIpc) is 2.83. The molecular weight excluding hydrogens is 454 g/mol. The first-order valence-electron chi connectivity index (χ1n) is 13.2. The molecule has 0 bridgehead atoms. The Morgan fingerprint density at radius 3 is 2.11 bits per heavy atom. The molecule has 2 aromatic carbocycles. The van der Waals surface area contributed by atoms with Crippen molar-refractivity contribution in [3.63, 3.8) is 0 Å². The fourth-order valence-electron chi connectivity index (χ4n) is 6.55. The van der Waals surface area contributed by atoms with E-state index in [1.165, 1.54) is 0 Å². The molecule has 1 fully saturated rings. The van der Waals surface area contributed by atoms with Gasteiger partial charge in [-0.25, -0.2) is 0 Å². The van der Waals surface area contributed by atoms with Gasteiger partial charge in [0, 0.05) is 24.7 Å². The van der Waals surface area contributed by atoms with Crippen LogP contribution >= 0.6 is 0 Å². The van der Waals surface area contributed by atoms with E-state index < -0.39 is 20.0 Å². The number of ether oxygens (including phenoxy) is 1. The minimum Gasteiger partial charge on any atom is -0.543 e. The van der Waals surface area contributed by atoms with E-state index in [4.69, 9.17) is 9.16 Å². The van der Waals surface area contributed by atoms with E-state index in [1.54, 1.807) is 0 Å². The van der Waals surface area contributed by atoms with Gasteiger partial charge in [0.15, 0.2) is 0 Å². The molecule has 2 N–H and O–H groups in total. The molecular formula is C29H43NO4Si. The van der Waals surface area contributed by atoms with Crippen molar-refractivity contribution in [2.24, 2.45) is 0 Å². The van der Waals surface area contributed by atoms with Gasteiger partial charge >= 0.3 is 0 Å². The average molecular weight is 498 g/mol. The van der Waals surface area contributed by atoms with Crippen LogP contribution in [0.15, 0.2) is 48.5 Å². The first-order chi connectivity index (χ1) is 16.6. The largest absolute Gasteiger partial charge is 0.543 e. The van der Waals surface area contributed by atoms with Crippen molar-refractivity contribution in [2.45, 2.75) is 88.8 Å². The quantitative estimate of drug-likeness (QED) is 0.458. The summed E-state index contributed by atoms with van der Waals surface area (Å²) >= 11 is 0. The number of likely N-dealkylation sites (tertiary alicyclic amines) is 1. The number of hydrogen-bond donors (Lipinski definition) is 2. The third kappa shape index (κ3) is 4.91. The summed E-state index contributed by atoms with van der Waals surface area (Å²) in [5, 5.41) is 22.5. The smallest absolute Gasteiger partial charge is 0.258 e. The molecule has 2 aliphatic rings. The highest BCUT2D eigenvalue weighted by Crippen LogP contribution is 2.45. The Kier molecular flexibility index (Phi) is 7.67. The van der Waals surface area contributed by atoms with Crippen LogP contribution in [-0.4, -0.2) is 49.2 Å². The maximum Gasteiger partial charge on any atom is 0.258 e. The predicted octanol–water partition coefficient (Wildman–Crippen LogP) is 6.02. The van der Waals surface area contributed by atoms with Gasteiger partial charge in [0.2, 0.25) is 0 Å². The molecule has 0 aliphatic carbocycles. The summed E-state index contributed by atoms with van der Waals surface area (Å²) in [5.74, 6) is 1.58. The Bertz CT molecular complexity index is 964. The minimum absolute atomic E-state index is 0.120. The lowest BCUT2D eigenvalue weighted by molar-refractivity contribution is -0.0665. The van der Waals surface area contributed by atoms with Crippen LogP contribution in [0.3, 0.4) is 0 Å². The van der Waals surface area contributed by atoms with Gasteiger partial charge in [-0.15, -0.1) is 0 Å². The van der Waals surface area contributed by atoms with Crippen LogP contribution in [0.5, 0.6) is 11.5 Å². The van der Waals surface area contributed by atoms with Gasteiger partial charge in [-0.3, -0.25) is 4.90 Å². The lowest BCUT2D eigenvalue weighted by atomic mass is 9.83. The number of nitrogens with zero attached hydrogens (tertiary/aromatic N) is 1. The van der Waals surface area contributed by atoms with Gasteiger partial charge in [0.05, 0.1) is 11.6 Å². The van der Waals surface area contributed by atoms with E-state index in [9.17, 15) is 10.2 Å². The molecule has 0 spiro atoms. The van der Waals surface area contributed by atoms with Crippen LogP contribution in [0.1, 0.15) is 71.6 Å². The van der Waals surface area contributed by atoms with Crippen molar-refractivity contribution in [1.82, 2.24) is 4.90 Å². The van der Waals surface area contributed by atoms with E-state index in [1.807, 2.05) is 48.5 Å². The summed E-state index contributed by atoms with van der Waals surface area (Å²) in [5.41, 5.74) is 2.46. The zero-order valence-corrected chi connectivity index (χ0v) is 23.2. The highest BCUT2D eigenvalue weighted by atomic mass is 28.4. The lowest BCUT2D eigenvalue weighted by Gasteiger charge is -2.45. The topological polar surface area (TPSA) is 62.2 Å². The Hall–Kier alpha value is -1.86. The highest BCUT2D eigenvalue weighted by Gasteiger charge is 2.47. The van der Waals surface area contributed by atoms with Crippen LogP contribution in [0, 0.1) is 0 Å². The number of benzene rings is 2. The fourth-order valence-corrected chi connectivity index (χ4v) is 11.8. The molecule has 1 saturated heterocycles. The summed E-state index contributed by atoms with van der Waals surface area (Å²) in [6, 6.07) is 15.8.